The van der Waals surface area contributed by atoms with E-state index in [9.17, 15) is 9.59 Å². The average Bonchev–Trinajstić information content (AvgIpc) is 2.38. The van der Waals surface area contributed by atoms with Crippen molar-refractivity contribution in [1.82, 2.24) is 0 Å². The zero-order chi connectivity index (χ0) is 13.1. The van der Waals surface area contributed by atoms with E-state index in [1.165, 1.54) is 18.2 Å². The van der Waals surface area contributed by atoms with Gasteiger partial charge in [0.2, 0.25) is 11.6 Å². The van der Waals surface area contributed by atoms with Crippen molar-refractivity contribution in [2.24, 2.45) is 0 Å². The zero-order valence-corrected chi connectivity index (χ0v) is 10.7. The second-order valence-corrected chi connectivity index (χ2v) is 4.49. The summed E-state index contributed by atoms with van der Waals surface area (Å²) in [6.45, 7) is 0. The third-order valence-electron chi connectivity index (χ3n) is 2.43. The summed E-state index contributed by atoms with van der Waals surface area (Å²) in [6.07, 6.45) is 0. The van der Waals surface area contributed by atoms with Gasteiger partial charge in [-0.2, -0.15) is 0 Å². The summed E-state index contributed by atoms with van der Waals surface area (Å²) < 4.78 is 0. The minimum atomic E-state index is -0.622. The SMILES string of the molecule is O=C(C(=O)c1ccccc1Cl)c1ccc(Cl)cc1. The van der Waals surface area contributed by atoms with E-state index in [2.05, 4.69) is 0 Å². The Morgan fingerprint density at radius 3 is 2.00 bits per heavy atom. The van der Waals surface area contributed by atoms with E-state index in [4.69, 9.17) is 23.2 Å². The number of hydrogen-bond acceptors (Lipinski definition) is 2. The van der Waals surface area contributed by atoms with Crippen LogP contribution >= 0.6 is 23.2 Å². The lowest BCUT2D eigenvalue weighted by Crippen LogP contribution is -2.14. The summed E-state index contributed by atoms with van der Waals surface area (Å²) in [5.41, 5.74) is 0.503. The van der Waals surface area contributed by atoms with E-state index < -0.39 is 11.6 Å². The van der Waals surface area contributed by atoms with Gasteiger partial charge in [-0.1, -0.05) is 35.3 Å². The van der Waals surface area contributed by atoms with Crippen LogP contribution in [0.1, 0.15) is 20.7 Å². The van der Waals surface area contributed by atoms with E-state index in [1.54, 1.807) is 30.3 Å². The summed E-state index contributed by atoms with van der Waals surface area (Å²) in [6, 6.07) is 12.6. The monoisotopic (exact) mass is 278 g/mol. The largest absolute Gasteiger partial charge is 0.285 e. The van der Waals surface area contributed by atoms with Gasteiger partial charge in [0, 0.05) is 16.1 Å². The second kappa shape index (κ2) is 5.34. The Hall–Kier alpha value is -1.64. The van der Waals surface area contributed by atoms with Crippen molar-refractivity contribution in [3.8, 4) is 0 Å². The molecule has 0 N–H and O–H groups in total. The molecule has 0 heterocycles. The maximum absolute atomic E-state index is 12.0. The summed E-state index contributed by atoms with van der Waals surface area (Å²) in [5.74, 6) is -1.22. The lowest BCUT2D eigenvalue weighted by atomic mass is 10.0. The first kappa shape index (κ1) is 12.8. The van der Waals surface area contributed by atoms with Crippen LogP contribution in [-0.4, -0.2) is 11.6 Å². The van der Waals surface area contributed by atoms with E-state index in [0.717, 1.165) is 0 Å². The number of halogens is 2. The molecule has 18 heavy (non-hydrogen) atoms. The minimum Gasteiger partial charge on any atom is -0.285 e. The topological polar surface area (TPSA) is 34.1 Å². The van der Waals surface area contributed by atoms with Crippen LogP contribution in [0.2, 0.25) is 10.0 Å². The number of rotatable bonds is 3. The first-order chi connectivity index (χ1) is 8.59. The number of Topliss-reactive ketones (excluding diaryl/α,β-unsaturated/α-hetero) is 2. The average molecular weight is 279 g/mol. The van der Waals surface area contributed by atoms with Crippen molar-refractivity contribution in [2.75, 3.05) is 0 Å². The van der Waals surface area contributed by atoms with Crippen LogP contribution in [0.4, 0.5) is 0 Å². The number of carbonyl (C=O) groups excluding carboxylic acids is 2. The maximum Gasteiger partial charge on any atom is 0.235 e. The fourth-order valence-electron chi connectivity index (χ4n) is 1.50. The van der Waals surface area contributed by atoms with Gasteiger partial charge in [0.05, 0.1) is 5.02 Å². The number of ketones is 2. The Labute approximate surface area is 114 Å². The Morgan fingerprint density at radius 1 is 0.778 bits per heavy atom. The Kier molecular flexibility index (Phi) is 3.80. The van der Waals surface area contributed by atoms with Crippen LogP contribution in [0.5, 0.6) is 0 Å². The Balaban J connectivity index is 2.33. The lowest BCUT2D eigenvalue weighted by Gasteiger charge is -2.02. The molecule has 0 bridgehead atoms. The van der Waals surface area contributed by atoms with Crippen LogP contribution in [0, 0.1) is 0 Å². The molecule has 0 aliphatic heterocycles. The molecule has 90 valence electrons. The highest BCUT2D eigenvalue weighted by Gasteiger charge is 2.20. The van der Waals surface area contributed by atoms with Gasteiger partial charge in [-0.25, -0.2) is 0 Å². The van der Waals surface area contributed by atoms with E-state index in [0.29, 0.717) is 10.6 Å². The maximum atomic E-state index is 12.0. The third kappa shape index (κ3) is 2.61. The molecule has 4 heteroatoms. The fraction of sp³-hybridized carbons (Fsp3) is 0. The third-order valence-corrected chi connectivity index (χ3v) is 3.01. The molecule has 0 spiro atoms. The fourth-order valence-corrected chi connectivity index (χ4v) is 1.85. The Bertz CT molecular complexity index is 603. The highest BCUT2D eigenvalue weighted by molar-refractivity contribution is 6.52. The van der Waals surface area contributed by atoms with Gasteiger partial charge in [-0.15, -0.1) is 0 Å². The molecular formula is C14H8Cl2O2. The van der Waals surface area contributed by atoms with Crippen LogP contribution in [0.25, 0.3) is 0 Å². The molecule has 0 atom stereocenters. The first-order valence-corrected chi connectivity index (χ1v) is 5.94. The smallest absolute Gasteiger partial charge is 0.235 e. The molecule has 0 amide bonds. The molecule has 0 fully saturated rings. The summed E-state index contributed by atoms with van der Waals surface area (Å²) in [4.78, 5) is 23.9. The van der Waals surface area contributed by atoms with Gasteiger partial charge in [0.1, 0.15) is 0 Å². The van der Waals surface area contributed by atoms with Crippen molar-refractivity contribution < 1.29 is 9.59 Å². The standard InChI is InChI=1S/C14H8Cl2O2/c15-10-7-5-9(6-8-10)13(17)14(18)11-3-1-2-4-12(11)16/h1-8H. The molecule has 0 aliphatic rings. The number of hydrogen-bond donors (Lipinski definition) is 0. The zero-order valence-electron chi connectivity index (χ0n) is 9.19. The molecule has 0 saturated heterocycles. The second-order valence-electron chi connectivity index (χ2n) is 3.64. The van der Waals surface area contributed by atoms with Crippen molar-refractivity contribution >= 4 is 34.8 Å². The highest BCUT2D eigenvalue weighted by atomic mass is 35.5. The van der Waals surface area contributed by atoms with E-state index >= 15 is 0 Å². The molecule has 0 aliphatic carbocycles. The molecule has 0 radical (unpaired) electrons. The summed E-state index contributed by atoms with van der Waals surface area (Å²) >= 11 is 11.6. The van der Waals surface area contributed by atoms with E-state index in [1.807, 2.05) is 0 Å². The quantitative estimate of drug-likeness (QED) is 0.627. The van der Waals surface area contributed by atoms with Gasteiger partial charge in [-0.05, 0) is 36.4 Å². The predicted molar refractivity (Wildman–Crippen MR) is 71.6 cm³/mol. The molecule has 2 aromatic carbocycles. The Morgan fingerprint density at radius 2 is 1.39 bits per heavy atom. The van der Waals surface area contributed by atoms with Crippen LogP contribution in [0.3, 0.4) is 0 Å². The van der Waals surface area contributed by atoms with Gasteiger partial charge >= 0.3 is 0 Å². The number of carbonyl (C=O) groups is 2. The summed E-state index contributed by atoms with van der Waals surface area (Å²) in [7, 11) is 0. The van der Waals surface area contributed by atoms with Crippen LogP contribution in [-0.2, 0) is 0 Å². The normalized spacial score (nSPS) is 10.1. The van der Waals surface area contributed by atoms with Gasteiger partial charge in [-0.3, -0.25) is 9.59 Å². The first-order valence-electron chi connectivity index (χ1n) is 5.18. The van der Waals surface area contributed by atoms with Crippen molar-refractivity contribution in [3.05, 3.63) is 69.7 Å². The molecule has 2 nitrogen and oxygen atoms in total. The molecule has 0 aromatic heterocycles. The highest BCUT2D eigenvalue weighted by Crippen LogP contribution is 2.18. The van der Waals surface area contributed by atoms with Crippen LogP contribution < -0.4 is 0 Å². The molecule has 2 rings (SSSR count). The predicted octanol–water partition coefficient (Wildman–Crippen LogP) is 4.06. The molecule has 0 saturated carbocycles. The lowest BCUT2D eigenvalue weighted by molar-refractivity contribution is 0.0817. The summed E-state index contributed by atoms with van der Waals surface area (Å²) in [5, 5.41) is 0.779. The molecular weight excluding hydrogens is 271 g/mol. The molecule has 0 unspecified atom stereocenters. The minimum absolute atomic E-state index is 0.208. The molecule has 2 aromatic rings. The number of benzene rings is 2. The van der Waals surface area contributed by atoms with Crippen LogP contribution in [0.15, 0.2) is 48.5 Å². The van der Waals surface area contributed by atoms with Gasteiger partial charge < -0.3 is 0 Å². The van der Waals surface area contributed by atoms with Crippen molar-refractivity contribution in [1.29, 1.82) is 0 Å². The van der Waals surface area contributed by atoms with Gasteiger partial charge in [0.15, 0.2) is 0 Å². The van der Waals surface area contributed by atoms with Gasteiger partial charge in [0.25, 0.3) is 0 Å². The van der Waals surface area contributed by atoms with Crippen molar-refractivity contribution in [3.63, 3.8) is 0 Å². The van der Waals surface area contributed by atoms with Crippen molar-refractivity contribution in [2.45, 2.75) is 0 Å². The van der Waals surface area contributed by atoms with E-state index in [-0.39, 0.29) is 10.6 Å².